The van der Waals surface area contributed by atoms with Crippen molar-refractivity contribution in [3.63, 3.8) is 0 Å². The highest BCUT2D eigenvalue weighted by atomic mass is 79.9. The summed E-state index contributed by atoms with van der Waals surface area (Å²) in [6.07, 6.45) is -0.0708. The first kappa shape index (κ1) is 15.5. The Labute approximate surface area is 120 Å². The van der Waals surface area contributed by atoms with Crippen LogP contribution < -0.4 is 9.47 Å². The van der Waals surface area contributed by atoms with Crippen LogP contribution in [0, 0.1) is 0 Å². The van der Waals surface area contributed by atoms with E-state index in [9.17, 15) is 9.59 Å². The molecule has 0 saturated carbocycles. The maximum absolute atomic E-state index is 11.5. The fourth-order valence-corrected chi connectivity index (χ4v) is 1.96. The van der Waals surface area contributed by atoms with Gasteiger partial charge in [0.25, 0.3) is 0 Å². The third-order valence-electron chi connectivity index (χ3n) is 2.30. The second kappa shape index (κ2) is 7.13. The number of carbonyl (C=O) groups is 2. The minimum Gasteiger partial charge on any atom is -0.493 e. The number of rotatable bonds is 6. The van der Waals surface area contributed by atoms with Crippen LogP contribution in [-0.4, -0.2) is 32.1 Å². The summed E-state index contributed by atoms with van der Waals surface area (Å²) in [4.78, 5) is 22.3. The van der Waals surface area contributed by atoms with Crippen LogP contribution in [0.4, 0.5) is 0 Å². The van der Waals surface area contributed by atoms with Crippen molar-refractivity contribution in [3.8, 4) is 11.5 Å². The van der Waals surface area contributed by atoms with Crippen molar-refractivity contribution in [2.75, 3.05) is 13.7 Å². The topological polar surface area (TPSA) is 61.8 Å². The molecule has 1 aromatic carbocycles. The summed E-state index contributed by atoms with van der Waals surface area (Å²) in [6.45, 7) is 3.59. The van der Waals surface area contributed by atoms with Crippen molar-refractivity contribution in [1.29, 1.82) is 0 Å². The van der Waals surface area contributed by atoms with Crippen molar-refractivity contribution >= 4 is 28.2 Å². The van der Waals surface area contributed by atoms with Crippen molar-refractivity contribution in [1.82, 2.24) is 0 Å². The SMILES string of the molecule is CCOC(=O)C(C)Oc1c(Br)cc(C=O)cc1OC. The molecule has 0 aliphatic rings. The van der Waals surface area contributed by atoms with Gasteiger partial charge < -0.3 is 14.2 Å². The molecule has 1 rings (SSSR count). The van der Waals surface area contributed by atoms with E-state index in [1.807, 2.05) is 0 Å². The van der Waals surface area contributed by atoms with Crippen LogP contribution in [0.25, 0.3) is 0 Å². The highest BCUT2D eigenvalue weighted by molar-refractivity contribution is 9.10. The molecule has 0 radical (unpaired) electrons. The zero-order valence-corrected chi connectivity index (χ0v) is 12.5. The molecule has 0 aliphatic carbocycles. The van der Waals surface area contributed by atoms with Crippen molar-refractivity contribution in [2.45, 2.75) is 20.0 Å². The normalized spacial score (nSPS) is 11.6. The summed E-state index contributed by atoms with van der Waals surface area (Å²) in [6, 6.07) is 3.12. The first-order valence-electron chi connectivity index (χ1n) is 5.69. The predicted molar refractivity (Wildman–Crippen MR) is 72.8 cm³/mol. The van der Waals surface area contributed by atoms with E-state index in [4.69, 9.17) is 14.2 Å². The molecule has 19 heavy (non-hydrogen) atoms. The Morgan fingerprint density at radius 3 is 2.68 bits per heavy atom. The van der Waals surface area contributed by atoms with Gasteiger partial charge in [0.1, 0.15) is 6.29 Å². The lowest BCUT2D eigenvalue weighted by molar-refractivity contribution is -0.150. The van der Waals surface area contributed by atoms with Gasteiger partial charge in [-0.1, -0.05) is 0 Å². The van der Waals surface area contributed by atoms with Crippen molar-refractivity contribution in [3.05, 3.63) is 22.2 Å². The third-order valence-corrected chi connectivity index (χ3v) is 2.89. The number of hydrogen-bond acceptors (Lipinski definition) is 5. The molecule has 0 fully saturated rings. The molecular weight excluding hydrogens is 316 g/mol. The van der Waals surface area contributed by atoms with Crippen molar-refractivity contribution in [2.24, 2.45) is 0 Å². The Morgan fingerprint density at radius 2 is 2.16 bits per heavy atom. The monoisotopic (exact) mass is 330 g/mol. The molecule has 0 aliphatic heterocycles. The molecular formula is C13H15BrO5. The summed E-state index contributed by atoms with van der Waals surface area (Å²) in [7, 11) is 1.46. The van der Waals surface area contributed by atoms with Crippen LogP contribution in [0.5, 0.6) is 11.5 Å². The van der Waals surface area contributed by atoms with E-state index < -0.39 is 12.1 Å². The lowest BCUT2D eigenvalue weighted by atomic mass is 10.2. The second-order valence-electron chi connectivity index (χ2n) is 3.66. The molecule has 0 N–H and O–H groups in total. The van der Waals surface area contributed by atoms with Gasteiger partial charge in [-0.05, 0) is 41.9 Å². The Balaban J connectivity index is 3.00. The van der Waals surface area contributed by atoms with Crippen LogP contribution in [0.15, 0.2) is 16.6 Å². The Bertz CT molecular complexity index is 472. The van der Waals surface area contributed by atoms with Crippen LogP contribution in [0.2, 0.25) is 0 Å². The van der Waals surface area contributed by atoms with E-state index in [1.165, 1.54) is 13.2 Å². The third kappa shape index (κ3) is 3.96. The van der Waals surface area contributed by atoms with Crippen LogP contribution >= 0.6 is 15.9 Å². The van der Waals surface area contributed by atoms with E-state index in [0.29, 0.717) is 27.8 Å². The molecule has 1 atom stereocenters. The maximum atomic E-state index is 11.5. The number of halogens is 1. The molecule has 5 nitrogen and oxygen atoms in total. The highest BCUT2D eigenvalue weighted by Crippen LogP contribution is 2.37. The average Bonchev–Trinajstić information content (AvgIpc) is 2.40. The standard InChI is InChI=1S/C13H15BrO5/c1-4-18-13(16)8(2)19-12-10(14)5-9(7-15)6-11(12)17-3/h5-8H,4H2,1-3H3. The summed E-state index contributed by atoms with van der Waals surface area (Å²) in [5.74, 6) is 0.261. The molecule has 1 unspecified atom stereocenters. The second-order valence-corrected chi connectivity index (χ2v) is 4.52. The zero-order valence-electron chi connectivity index (χ0n) is 10.9. The average molecular weight is 331 g/mol. The number of ether oxygens (including phenoxy) is 3. The molecule has 0 saturated heterocycles. The van der Waals surface area contributed by atoms with Crippen LogP contribution in [-0.2, 0) is 9.53 Å². The van der Waals surface area contributed by atoms with Crippen LogP contribution in [0.3, 0.4) is 0 Å². The van der Waals surface area contributed by atoms with E-state index >= 15 is 0 Å². The summed E-state index contributed by atoms with van der Waals surface area (Å²) >= 11 is 3.28. The molecule has 0 bridgehead atoms. The quantitative estimate of drug-likeness (QED) is 0.592. The molecule has 0 spiro atoms. The smallest absolute Gasteiger partial charge is 0.347 e. The van der Waals surface area contributed by atoms with Crippen LogP contribution in [0.1, 0.15) is 24.2 Å². The number of esters is 1. The number of carbonyl (C=O) groups excluding carboxylic acids is 2. The lowest BCUT2D eigenvalue weighted by Crippen LogP contribution is -2.26. The molecule has 1 aromatic rings. The summed E-state index contributed by atoms with van der Waals surface area (Å²) < 4.78 is 16.1. The van der Waals surface area contributed by atoms with Gasteiger partial charge in [0.2, 0.25) is 0 Å². The molecule has 0 aromatic heterocycles. The van der Waals surface area contributed by atoms with Gasteiger partial charge in [-0.3, -0.25) is 4.79 Å². The van der Waals surface area contributed by atoms with Gasteiger partial charge in [-0.25, -0.2) is 4.79 Å². The number of hydrogen-bond donors (Lipinski definition) is 0. The van der Waals surface area contributed by atoms with E-state index in [0.717, 1.165) is 0 Å². The van der Waals surface area contributed by atoms with E-state index in [2.05, 4.69) is 15.9 Å². The molecule has 0 amide bonds. The minimum absolute atomic E-state index is 0.287. The first-order chi connectivity index (χ1) is 9.03. The maximum Gasteiger partial charge on any atom is 0.347 e. The van der Waals surface area contributed by atoms with Gasteiger partial charge in [0, 0.05) is 5.56 Å². The summed E-state index contributed by atoms with van der Waals surface area (Å²) in [5.41, 5.74) is 0.444. The van der Waals surface area contributed by atoms with Crippen molar-refractivity contribution < 1.29 is 23.8 Å². The van der Waals surface area contributed by atoms with Gasteiger partial charge in [0.15, 0.2) is 17.6 Å². The van der Waals surface area contributed by atoms with E-state index in [-0.39, 0.29) is 6.61 Å². The van der Waals surface area contributed by atoms with Gasteiger partial charge in [0.05, 0.1) is 18.2 Å². The molecule has 104 valence electrons. The molecule has 0 heterocycles. The lowest BCUT2D eigenvalue weighted by Gasteiger charge is -2.17. The van der Waals surface area contributed by atoms with Gasteiger partial charge in [-0.2, -0.15) is 0 Å². The van der Waals surface area contributed by atoms with Gasteiger partial charge >= 0.3 is 5.97 Å². The Morgan fingerprint density at radius 1 is 1.47 bits per heavy atom. The van der Waals surface area contributed by atoms with Gasteiger partial charge in [-0.15, -0.1) is 0 Å². The number of methoxy groups -OCH3 is 1. The summed E-state index contributed by atoms with van der Waals surface area (Å²) in [5, 5.41) is 0. The Kier molecular flexibility index (Phi) is 5.82. The number of benzene rings is 1. The fourth-order valence-electron chi connectivity index (χ4n) is 1.41. The largest absolute Gasteiger partial charge is 0.493 e. The first-order valence-corrected chi connectivity index (χ1v) is 6.48. The predicted octanol–water partition coefficient (Wildman–Crippen LogP) is 2.60. The zero-order chi connectivity index (χ0) is 14.4. The highest BCUT2D eigenvalue weighted by Gasteiger charge is 2.20. The minimum atomic E-state index is -0.771. The fraction of sp³-hybridized carbons (Fsp3) is 0.385. The Hall–Kier alpha value is -1.56. The number of aldehydes is 1. The van der Waals surface area contributed by atoms with E-state index in [1.54, 1.807) is 19.9 Å². The molecule has 6 heteroatoms.